The van der Waals surface area contributed by atoms with Crippen LogP contribution in [0.3, 0.4) is 0 Å². The molecule has 5 heterocycles. The molecule has 0 aliphatic carbocycles. The van der Waals surface area contributed by atoms with E-state index in [0.717, 1.165) is 22.6 Å². The van der Waals surface area contributed by atoms with Crippen LogP contribution in [-0.4, -0.2) is 65.4 Å². The van der Waals surface area contributed by atoms with Crippen LogP contribution >= 0.6 is 11.8 Å². The SMILES string of the molecule is Cc1noc(-c2ccccc2)c1CSC[C@H]1O[C@@H](n2cc(C#Cc3ccccn3)c3c(N)ncnc32)[C@H](O[Si](C)(C)C(C)(C)C)[C@H]1O[Si](C)(C)C(C)(C)C. The highest BCUT2D eigenvalue weighted by atomic mass is 32.2. The lowest BCUT2D eigenvalue weighted by molar-refractivity contribution is -0.0244. The summed E-state index contributed by atoms with van der Waals surface area (Å²) < 4.78 is 29.9. The quantitative estimate of drug-likeness (QED) is 0.108. The van der Waals surface area contributed by atoms with Crippen LogP contribution in [0.2, 0.25) is 36.3 Å². The summed E-state index contributed by atoms with van der Waals surface area (Å²) in [7, 11) is -4.70. The number of anilines is 1. The van der Waals surface area contributed by atoms with Gasteiger partial charge in [0.15, 0.2) is 28.6 Å². The molecule has 0 saturated carbocycles. The summed E-state index contributed by atoms with van der Waals surface area (Å²) in [6.07, 6.45) is 3.53. The summed E-state index contributed by atoms with van der Waals surface area (Å²) in [6.45, 7) is 24.8. The van der Waals surface area contributed by atoms with Crippen LogP contribution in [0.4, 0.5) is 5.82 Å². The summed E-state index contributed by atoms with van der Waals surface area (Å²) in [5.74, 6) is 9.02. The van der Waals surface area contributed by atoms with Gasteiger partial charge in [0.1, 0.15) is 35.7 Å². The molecule has 0 spiro atoms. The van der Waals surface area contributed by atoms with Crippen molar-refractivity contribution in [2.75, 3.05) is 11.5 Å². The maximum Gasteiger partial charge on any atom is 0.192 e. The second-order valence-corrected chi connectivity index (χ2v) is 27.6. The lowest BCUT2D eigenvalue weighted by atomic mass is 10.1. The molecule has 0 bridgehead atoms. The molecule has 1 aliphatic rings. The molecule has 286 valence electrons. The van der Waals surface area contributed by atoms with Gasteiger partial charge in [-0.3, -0.25) is 0 Å². The predicted molar refractivity (Wildman–Crippen MR) is 223 cm³/mol. The average molecular weight is 783 g/mol. The van der Waals surface area contributed by atoms with Crippen LogP contribution in [0, 0.1) is 18.8 Å². The zero-order valence-corrected chi connectivity index (χ0v) is 36.2. The number of fused-ring (bicyclic) bond motifs is 1. The molecule has 1 aliphatic heterocycles. The van der Waals surface area contributed by atoms with Crippen molar-refractivity contribution in [3.8, 4) is 23.2 Å². The van der Waals surface area contributed by atoms with Gasteiger partial charge in [-0.2, -0.15) is 11.8 Å². The van der Waals surface area contributed by atoms with Crippen LogP contribution in [0.15, 0.2) is 71.8 Å². The first-order valence-electron chi connectivity index (χ1n) is 18.5. The van der Waals surface area contributed by atoms with Crippen molar-refractivity contribution in [3.63, 3.8) is 0 Å². The molecule has 4 atom stereocenters. The molecule has 54 heavy (non-hydrogen) atoms. The Morgan fingerprint density at radius 1 is 0.870 bits per heavy atom. The summed E-state index contributed by atoms with van der Waals surface area (Å²) in [5.41, 5.74) is 11.5. The van der Waals surface area contributed by atoms with E-state index in [0.29, 0.717) is 39.6 Å². The number of ether oxygens (including phenoxy) is 1. The molecule has 0 amide bonds. The van der Waals surface area contributed by atoms with Crippen LogP contribution in [0.1, 0.15) is 70.3 Å². The first-order valence-corrected chi connectivity index (χ1v) is 25.5. The van der Waals surface area contributed by atoms with Crippen molar-refractivity contribution in [3.05, 3.63) is 89.8 Å². The maximum absolute atomic E-state index is 7.43. The highest BCUT2D eigenvalue weighted by Gasteiger charge is 2.54. The van der Waals surface area contributed by atoms with E-state index in [4.69, 9.17) is 28.8 Å². The van der Waals surface area contributed by atoms with E-state index in [-0.39, 0.29) is 22.3 Å². The van der Waals surface area contributed by atoms with E-state index in [1.165, 1.54) is 6.33 Å². The van der Waals surface area contributed by atoms with Gasteiger partial charge in [-0.15, -0.1) is 0 Å². The Morgan fingerprint density at radius 3 is 2.19 bits per heavy atom. The second kappa shape index (κ2) is 15.4. The van der Waals surface area contributed by atoms with Crippen molar-refractivity contribution in [1.29, 1.82) is 0 Å². The zero-order chi connectivity index (χ0) is 39.1. The molecule has 6 rings (SSSR count). The van der Waals surface area contributed by atoms with Crippen LogP contribution in [0.5, 0.6) is 0 Å². The normalized spacial score (nSPS) is 19.6. The second-order valence-electron chi connectivity index (χ2n) is 17.1. The van der Waals surface area contributed by atoms with E-state index < -0.39 is 29.0 Å². The topological polar surface area (TPSA) is 123 Å². The van der Waals surface area contributed by atoms with Crippen molar-refractivity contribution >= 4 is 45.2 Å². The lowest BCUT2D eigenvalue weighted by Gasteiger charge is -2.44. The smallest absolute Gasteiger partial charge is 0.192 e. The lowest BCUT2D eigenvalue weighted by Crippen LogP contribution is -2.53. The first kappa shape index (κ1) is 39.9. The van der Waals surface area contributed by atoms with Gasteiger partial charge in [-0.05, 0) is 61.2 Å². The molecule has 1 saturated heterocycles. The van der Waals surface area contributed by atoms with Gasteiger partial charge in [-0.25, -0.2) is 15.0 Å². The van der Waals surface area contributed by atoms with E-state index in [9.17, 15) is 0 Å². The third-order valence-electron chi connectivity index (χ3n) is 11.2. The number of hydrogen-bond donors (Lipinski definition) is 1. The minimum absolute atomic E-state index is 0.0372. The molecular formula is C41H54N6O4SSi2. The maximum atomic E-state index is 7.43. The number of nitrogens with zero attached hydrogens (tertiary/aromatic N) is 5. The van der Waals surface area contributed by atoms with Gasteiger partial charge in [0, 0.05) is 35.0 Å². The number of thioether (sulfide) groups is 1. The third kappa shape index (κ3) is 8.24. The van der Waals surface area contributed by atoms with Crippen molar-refractivity contribution in [2.45, 2.75) is 115 Å². The number of rotatable bonds is 10. The Balaban J connectivity index is 1.43. The Kier molecular flexibility index (Phi) is 11.4. The molecule has 13 heteroatoms. The summed E-state index contributed by atoms with van der Waals surface area (Å²) in [4.78, 5) is 13.5. The van der Waals surface area contributed by atoms with E-state index in [1.54, 1.807) is 18.0 Å². The first-order chi connectivity index (χ1) is 25.4. The van der Waals surface area contributed by atoms with Gasteiger partial charge in [-0.1, -0.05) is 89.0 Å². The molecular weight excluding hydrogens is 729 g/mol. The largest absolute Gasteiger partial charge is 0.408 e. The fourth-order valence-electron chi connectivity index (χ4n) is 5.99. The molecule has 10 nitrogen and oxygen atoms in total. The van der Waals surface area contributed by atoms with Crippen molar-refractivity contribution in [2.24, 2.45) is 0 Å². The van der Waals surface area contributed by atoms with Crippen LogP contribution in [0.25, 0.3) is 22.4 Å². The van der Waals surface area contributed by atoms with Crippen molar-refractivity contribution < 1.29 is 18.1 Å². The number of hydrogen-bond acceptors (Lipinski definition) is 10. The predicted octanol–water partition coefficient (Wildman–Crippen LogP) is 9.38. The molecule has 1 fully saturated rings. The number of aryl methyl sites for hydroxylation is 1. The minimum atomic E-state index is -2.37. The Bertz CT molecular complexity index is 2130. The van der Waals surface area contributed by atoms with Gasteiger partial charge >= 0.3 is 0 Å². The molecule has 0 unspecified atom stereocenters. The molecule has 5 aromatic rings. The van der Waals surface area contributed by atoms with E-state index >= 15 is 0 Å². The van der Waals surface area contributed by atoms with Gasteiger partial charge in [0.25, 0.3) is 0 Å². The fraction of sp³-hybridized carbons (Fsp3) is 0.463. The third-order valence-corrected chi connectivity index (χ3v) is 21.2. The number of benzene rings is 1. The average Bonchev–Trinajstić information content (AvgIpc) is 3.77. The van der Waals surface area contributed by atoms with Crippen LogP contribution < -0.4 is 5.73 Å². The number of nitrogen functional groups attached to an aromatic ring is 1. The van der Waals surface area contributed by atoms with Gasteiger partial charge in [0.2, 0.25) is 0 Å². The standard InChI is InChI=1S/C41H54N6O4SSi2/c1-27-31(34(49-46-27)28-17-13-12-14-18-28)24-52-25-32-35(50-53(8,9)40(2,3)4)36(51-54(10,11)41(5,6)7)39(48-32)47-23-29(20-21-30-19-15-16-22-43-30)33-37(42)44-26-45-38(33)47/h12-19,22-23,26,32,35-36,39H,24-25H2,1-11H3,(H2,42,44,45)/t32-,35+,36-,39-/m1/s1. The van der Waals surface area contributed by atoms with Gasteiger partial charge < -0.3 is 28.4 Å². The number of pyridine rings is 1. The van der Waals surface area contributed by atoms with E-state index in [2.05, 4.69) is 107 Å². The molecule has 2 N–H and O–H groups in total. The fourth-order valence-corrected chi connectivity index (χ4v) is 9.75. The summed E-state index contributed by atoms with van der Waals surface area (Å²) >= 11 is 1.79. The Morgan fingerprint density at radius 2 is 1.54 bits per heavy atom. The highest BCUT2D eigenvalue weighted by molar-refractivity contribution is 7.98. The molecule has 1 aromatic carbocycles. The van der Waals surface area contributed by atoms with Gasteiger partial charge in [0.05, 0.1) is 22.7 Å². The number of nitrogens with two attached hydrogens (primary N) is 1. The molecule has 4 aromatic heterocycles. The number of aromatic nitrogens is 5. The van der Waals surface area contributed by atoms with Crippen molar-refractivity contribution in [1.82, 2.24) is 24.7 Å². The summed E-state index contributed by atoms with van der Waals surface area (Å²) in [6, 6.07) is 15.8. The Hall–Kier alpha value is -3.78. The minimum Gasteiger partial charge on any atom is -0.408 e. The summed E-state index contributed by atoms with van der Waals surface area (Å²) in [5, 5.41) is 4.92. The van der Waals surface area contributed by atoms with E-state index in [1.807, 2.05) is 54.1 Å². The zero-order valence-electron chi connectivity index (χ0n) is 33.4. The highest BCUT2D eigenvalue weighted by Crippen LogP contribution is 2.47. The Labute approximate surface area is 326 Å². The monoisotopic (exact) mass is 782 g/mol. The van der Waals surface area contributed by atoms with Crippen LogP contribution in [-0.2, 0) is 19.3 Å². The molecule has 0 radical (unpaired) electrons.